The number of amides is 2. The monoisotopic (exact) mass is 351 g/mol. The highest BCUT2D eigenvalue weighted by Crippen LogP contribution is 2.21. The summed E-state index contributed by atoms with van der Waals surface area (Å²) < 4.78 is 0. The molecule has 0 radical (unpaired) electrons. The van der Waals surface area contributed by atoms with E-state index in [-0.39, 0.29) is 11.8 Å². The summed E-state index contributed by atoms with van der Waals surface area (Å²) in [4.78, 5) is 29.1. The highest BCUT2D eigenvalue weighted by Gasteiger charge is 2.24. The van der Waals surface area contributed by atoms with Crippen molar-refractivity contribution in [2.45, 2.75) is 18.9 Å². The highest BCUT2D eigenvalue weighted by atomic mass is 16.2. The molecule has 3 rings (SSSR count). The molecule has 1 heterocycles. The molecular formula is C21H25N3O2. The molecule has 1 aliphatic rings. The first-order valence-corrected chi connectivity index (χ1v) is 8.98. The molecule has 1 atom stereocenters. The van der Waals surface area contributed by atoms with Crippen LogP contribution in [0.15, 0.2) is 54.6 Å². The molecular weight excluding hydrogens is 326 g/mol. The maximum Gasteiger partial charge on any atom is 0.253 e. The van der Waals surface area contributed by atoms with Crippen LogP contribution < -0.4 is 5.32 Å². The molecule has 5 heteroatoms. The van der Waals surface area contributed by atoms with E-state index in [9.17, 15) is 9.59 Å². The number of likely N-dealkylation sites (N-methyl/N-ethyl adjacent to an activating group) is 1. The first kappa shape index (κ1) is 18.1. The first-order chi connectivity index (χ1) is 12.6. The van der Waals surface area contributed by atoms with Crippen LogP contribution in [-0.2, 0) is 4.79 Å². The summed E-state index contributed by atoms with van der Waals surface area (Å²) in [5.74, 6) is -0.0854. The number of nitrogens with one attached hydrogen (secondary N) is 1. The summed E-state index contributed by atoms with van der Waals surface area (Å²) >= 11 is 0. The Labute approximate surface area is 154 Å². The van der Waals surface area contributed by atoms with Gasteiger partial charge in [0.1, 0.15) is 6.04 Å². The quantitative estimate of drug-likeness (QED) is 0.900. The van der Waals surface area contributed by atoms with E-state index >= 15 is 0 Å². The second kappa shape index (κ2) is 8.15. The standard InChI is InChI=1S/C21H25N3O2/c1-23(2)19(16-9-4-3-5-10-16)20(25)22-18-12-8-11-17(15-18)21(26)24-13-6-7-14-24/h3-5,8-12,15,19H,6-7,13-14H2,1-2H3,(H,22,25). The number of nitrogens with zero attached hydrogens (tertiary/aromatic N) is 2. The van der Waals surface area contributed by atoms with Gasteiger partial charge in [-0.05, 0) is 50.7 Å². The van der Waals surface area contributed by atoms with Crippen LogP contribution in [0.2, 0.25) is 0 Å². The van der Waals surface area contributed by atoms with Crippen molar-refractivity contribution in [3.63, 3.8) is 0 Å². The molecule has 136 valence electrons. The molecule has 0 saturated carbocycles. The van der Waals surface area contributed by atoms with Gasteiger partial charge < -0.3 is 10.2 Å². The van der Waals surface area contributed by atoms with Gasteiger partial charge in [0.25, 0.3) is 5.91 Å². The zero-order valence-electron chi connectivity index (χ0n) is 15.3. The van der Waals surface area contributed by atoms with Crippen molar-refractivity contribution in [2.24, 2.45) is 0 Å². The summed E-state index contributed by atoms with van der Waals surface area (Å²) in [6, 6.07) is 16.5. The predicted octanol–water partition coefficient (Wildman–Crippen LogP) is 3.16. The Balaban J connectivity index is 1.76. The third kappa shape index (κ3) is 4.11. The summed E-state index contributed by atoms with van der Waals surface area (Å²) in [5, 5.41) is 2.96. The van der Waals surface area contributed by atoms with Gasteiger partial charge >= 0.3 is 0 Å². The Morgan fingerprint density at radius 3 is 2.35 bits per heavy atom. The summed E-state index contributed by atoms with van der Waals surface area (Å²) in [7, 11) is 3.76. The van der Waals surface area contributed by atoms with Crippen LogP contribution >= 0.6 is 0 Å². The smallest absolute Gasteiger partial charge is 0.253 e. The summed E-state index contributed by atoms with van der Waals surface area (Å²) in [6.07, 6.45) is 2.12. The minimum atomic E-state index is -0.394. The normalized spacial score (nSPS) is 15.1. The van der Waals surface area contributed by atoms with Crippen molar-refractivity contribution < 1.29 is 9.59 Å². The number of carbonyl (C=O) groups excluding carboxylic acids is 2. The van der Waals surface area contributed by atoms with Gasteiger partial charge in [0.2, 0.25) is 5.91 Å². The van der Waals surface area contributed by atoms with E-state index in [0.29, 0.717) is 11.3 Å². The highest BCUT2D eigenvalue weighted by molar-refractivity contribution is 5.99. The SMILES string of the molecule is CN(C)C(C(=O)Nc1cccc(C(=O)N2CCCC2)c1)c1ccccc1. The van der Waals surface area contributed by atoms with E-state index in [1.165, 1.54) is 0 Å². The Morgan fingerprint density at radius 2 is 1.69 bits per heavy atom. The zero-order chi connectivity index (χ0) is 18.5. The van der Waals surface area contributed by atoms with Crippen LogP contribution in [0, 0.1) is 0 Å². The number of hydrogen-bond acceptors (Lipinski definition) is 3. The van der Waals surface area contributed by atoms with Crippen LogP contribution in [0.1, 0.15) is 34.8 Å². The van der Waals surface area contributed by atoms with E-state index in [4.69, 9.17) is 0 Å². The lowest BCUT2D eigenvalue weighted by molar-refractivity contribution is -0.120. The molecule has 2 aromatic carbocycles. The topological polar surface area (TPSA) is 52.7 Å². The van der Waals surface area contributed by atoms with Gasteiger partial charge in [-0.3, -0.25) is 14.5 Å². The van der Waals surface area contributed by atoms with Crippen molar-refractivity contribution in [3.05, 3.63) is 65.7 Å². The molecule has 1 fully saturated rings. The first-order valence-electron chi connectivity index (χ1n) is 8.98. The predicted molar refractivity (Wildman–Crippen MR) is 103 cm³/mol. The van der Waals surface area contributed by atoms with Gasteiger partial charge in [0.05, 0.1) is 0 Å². The van der Waals surface area contributed by atoms with Gasteiger partial charge in [-0.1, -0.05) is 36.4 Å². The third-order valence-electron chi connectivity index (χ3n) is 4.65. The van der Waals surface area contributed by atoms with E-state index in [0.717, 1.165) is 31.5 Å². The number of benzene rings is 2. The van der Waals surface area contributed by atoms with E-state index in [1.54, 1.807) is 12.1 Å². The number of anilines is 1. The lowest BCUT2D eigenvalue weighted by Crippen LogP contribution is -2.32. The van der Waals surface area contributed by atoms with Crippen molar-refractivity contribution in [1.82, 2.24) is 9.80 Å². The van der Waals surface area contributed by atoms with Crippen molar-refractivity contribution in [1.29, 1.82) is 0 Å². The van der Waals surface area contributed by atoms with Crippen molar-refractivity contribution in [2.75, 3.05) is 32.5 Å². The molecule has 26 heavy (non-hydrogen) atoms. The van der Waals surface area contributed by atoms with Gasteiger partial charge in [-0.2, -0.15) is 0 Å². The molecule has 1 unspecified atom stereocenters. The molecule has 2 amide bonds. The maximum absolute atomic E-state index is 12.8. The molecule has 0 bridgehead atoms. The van der Waals surface area contributed by atoms with Crippen LogP contribution in [0.4, 0.5) is 5.69 Å². The molecule has 0 aliphatic carbocycles. The molecule has 1 aliphatic heterocycles. The Bertz CT molecular complexity index is 768. The average molecular weight is 351 g/mol. The lowest BCUT2D eigenvalue weighted by atomic mass is 10.0. The second-order valence-electron chi connectivity index (χ2n) is 6.85. The number of rotatable bonds is 5. The number of likely N-dealkylation sites (tertiary alicyclic amines) is 1. The van der Waals surface area contributed by atoms with Crippen molar-refractivity contribution in [3.8, 4) is 0 Å². The molecule has 0 spiro atoms. The molecule has 2 aromatic rings. The Morgan fingerprint density at radius 1 is 1.00 bits per heavy atom. The van der Waals surface area contributed by atoms with Gasteiger partial charge in [-0.15, -0.1) is 0 Å². The van der Waals surface area contributed by atoms with Crippen LogP contribution in [0.25, 0.3) is 0 Å². The van der Waals surface area contributed by atoms with E-state index in [2.05, 4.69) is 5.32 Å². The summed E-state index contributed by atoms with van der Waals surface area (Å²) in [5.41, 5.74) is 2.19. The van der Waals surface area contributed by atoms with Gasteiger partial charge in [-0.25, -0.2) is 0 Å². The molecule has 1 N–H and O–H groups in total. The van der Waals surface area contributed by atoms with Crippen LogP contribution in [-0.4, -0.2) is 48.8 Å². The fourth-order valence-electron chi connectivity index (χ4n) is 3.36. The molecule has 5 nitrogen and oxygen atoms in total. The van der Waals surface area contributed by atoms with Crippen LogP contribution in [0.3, 0.4) is 0 Å². The second-order valence-corrected chi connectivity index (χ2v) is 6.85. The summed E-state index contributed by atoms with van der Waals surface area (Å²) in [6.45, 7) is 1.62. The maximum atomic E-state index is 12.8. The average Bonchev–Trinajstić information content (AvgIpc) is 3.16. The number of carbonyl (C=O) groups is 2. The van der Waals surface area contributed by atoms with Crippen molar-refractivity contribution >= 4 is 17.5 Å². The van der Waals surface area contributed by atoms with Crippen LogP contribution in [0.5, 0.6) is 0 Å². The fourth-order valence-corrected chi connectivity index (χ4v) is 3.36. The zero-order valence-corrected chi connectivity index (χ0v) is 15.3. The minimum absolute atomic E-state index is 0.0332. The third-order valence-corrected chi connectivity index (χ3v) is 4.65. The lowest BCUT2D eigenvalue weighted by Gasteiger charge is -2.24. The Kier molecular flexibility index (Phi) is 5.68. The largest absolute Gasteiger partial charge is 0.339 e. The fraction of sp³-hybridized carbons (Fsp3) is 0.333. The van der Waals surface area contributed by atoms with Gasteiger partial charge in [0, 0.05) is 24.3 Å². The molecule has 1 saturated heterocycles. The van der Waals surface area contributed by atoms with E-state index in [1.807, 2.05) is 66.4 Å². The van der Waals surface area contributed by atoms with Gasteiger partial charge in [0.15, 0.2) is 0 Å². The molecule has 0 aromatic heterocycles. The van der Waals surface area contributed by atoms with E-state index < -0.39 is 6.04 Å². The minimum Gasteiger partial charge on any atom is -0.339 e. The Hall–Kier alpha value is -2.66. The number of hydrogen-bond donors (Lipinski definition) is 1.